The number of hydrogen-bond donors (Lipinski definition) is 1. The van der Waals surface area contributed by atoms with Crippen LogP contribution in [0.25, 0.3) is 0 Å². The van der Waals surface area contributed by atoms with Crippen molar-refractivity contribution >= 4 is 11.9 Å². The third-order valence-corrected chi connectivity index (χ3v) is 2.47. The molecule has 0 fully saturated rings. The summed E-state index contributed by atoms with van der Waals surface area (Å²) < 4.78 is 9.78. The fourth-order valence-corrected chi connectivity index (χ4v) is 1.53. The Morgan fingerprint density at radius 2 is 2.10 bits per heavy atom. The molecule has 1 aromatic carbocycles. The van der Waals surface area contributed by atoms with E-state index in [-0.39, 0.29) is 25.0 Å². The molecule has 0 heterocycles. The Bertz CT molecular complexity index is 522. The summed E-state index contributed by atoms with van der Waals surface area (Å²) in [7, 11) is 1.29. The van der Waals surface area contributed by atoms with Crippen LogP contribution in [0.2, 0.25) is 0 Å². The Balaban J connectivity index is 2.44. The van der Waals surface area contributed by atoms with Crippen LogP contribution in [-0.4, -0.2) is 31.6 Å². The van der Waals surface area contributed by atoms with Gasteiger partial charge in [-0.1, -0.05) is 12.1 Å². The molecule has 1 amide bonds. The number of nitrogens with zero attached hydrogens (tertiary/aromatic N) is 1. The van der Waals surface area contributed by atoms with Crippen molar-refractivity contribution in [3.8, 4) is 11.8 Å². The van der Waals surface area contributed by atoms with Gasteiger partial charge in [0.05, 0.1) is 19.1 Å². The highest BCUT2D eigenvalue weighted by molar-refractivity contribution is 5.79. The average molecular weight is 276 g/mol. The highest BCUT2D eigenvalue weighted by atomic mass is 16.5. The zero-order valence-electron chi connectivity index (χ0n) is 11.4. The van der Waals surface area contributed by atoms with Crippen molar-refractivity contribution < 1.29 is 19.1 Å². The molecule has 20 heavy (non-hydrogen) atoms. The van der Waals surface area contributed by atoms with Crippen LogP contribution in [0.1, 0.15) is 18.9 Å². The number of nitriles is 1. The molecule has 1 unspecified atom stereocenters. The summed E-state index contributed by atoms with van der Waals surface area (Å²) in [5.74, 6) is -0.409. The standard InChI is InChI=1S/C14H16N2O4/c1-10(7-14(18)19-2)16-13(17)9-20-12-6-4-3-5-11(12)8-15/h3-6,10H,7,9H2,1-2H3,(H,16,17). The van der Waals surface area contributed by atoms with Gasteiger partial charge in [-0.2, -0.15) is 5.26 Å². The fraction of sp³-hybridized carbons (Fsp3) is 0.357. The molecular weight excluding hydrogens is 260 g/mol. The first kappa shape index (κ1) is 15.5. The first-order valence-corrected chi connectivity index (χ1v) is 6.05. The largest absolute Gasteiger partial charge is 0.482 e. The molecule has 6 nitrogen and oxygen atoms in total. The Morgan fingerprint density at radius 1 is 1.40 bits per heavy atom. The molecule has 1 rings (SSSR count). The maximum Gasteiger partial charge on any atom is 0.307 e. The van der Waals surface area contributed by atoms with E-state index < -0.39 is 5.97 Å². The van der Waals surface area contributed by atoms with Crippen LogP contribution in [0.15, 0.2) is 24.3 Å². The molecule has 0 spiro atoms. The third kappa shape index (κ3) is 4.98. The van der Waals surface area contributed by atoms with Crippen LogP contribution < -0.4 is 10.1 Å². The number of carbonyl (C=O) groups excluding carboxylic acids is 2. The van der Waals surface area contributed by atoms with Crippen LogP contribution in [0.4, 0.5) is 0 Å². The zero-order valence-corrected chi connectivity index (χ0v) is 11.4. The molecule has 1 aromatic rings. The molecule has 1 atom stereocenters. The van der Waals surface area contributed by atoms with Crippen molar-refractivity contribution in [3.05, 3.63) is 29.8 Å². The van der Waals surface area contributed by atoms with Gasteiger partial charge in [-0.25, -0.2) is 0 Å². The highest BCUT2D eigenvalue weighted by Gasteiger charge is 2.13. The van der Waals surface area contributed by atoms with E-state index in [4.69, 9.17) is 10.00 Å². The smallest absolute Gasteiger partial charge is 0.307 e. The minimum atomic E-state index is -0.395. The first-order valence-electron chi connectivity index (χ1n) is 6.05. The lowest BCUT2D eigenvalue weighted by atomic mass is 10.2. The number of carbonyl (C=O) groups is 2. The molecule has 0 aliphatic rings. The van der Waals surface area contributed by atoms with Crippen LogP contribution in [0, 0.1) is 11.3 Å². The number of benzene rings is 1. The van der Waals surface area contributed by atoms with Crippen molar-refractivity contribution in [1.82, 2.24) is 5.32 Å². The minimum absolute atomic E-state index is 0.0943. The maximum atomic E-state index is 11.6. The summed E-state index contributed by atoms with van der Waals surface area (Å²) in [5.41, 5.74) is 0.364. The normalized spacial score (nSPS) is 11.1. The highest BCUT2D eigenvalue weighted by Crippen LogP contribution is 2.16. The number of para-hydroxylation sites is 1. The van der Waals surface area contributed by atoms with Gasteiger partial charge >= 0.3 is 5.97 Å². The van der Waals surface area contributed by atoms with E-state index in [2.05, 4.69) is 10.1 Å². The second kappa shape index (κ2) is 7.79. The number of esters is 1. The summed E-state index contributed by atoms with van der Waals surface area (Å²) in [5, 5.41) is 11.5. The van der Waals surface area contributed by atoms with E-state index in [1.807, 2.05) is 6.07 Å². The van der Waals surface area contributed by atoms with Crippen molar-refractivity contribution in [3.63, 3.8) is 0 Å². The second-order valence-electron chi connectivity index (χ2n) is 4.15. The van der Waals surface area contributed by atoms with Gasteiger partial charge in [0.15, 0.2) is 6.61 Å². The monoisotopic (exact) mass is 276 g/mol. The van der Waals surface area contributed by atoms with E-state index in [1.165, 1.54) is 7.11 Å². The third-order valence-electron chi connectivity index (χ3n) is 2.47. The van der Waals surface area contributed by atoms with Gasteiger partial charge in [0, 0.05) is 6.04 Å². The molecule has 0 aliphatic carbocycles. The quantitative estimate of drug-likeness (QED) is 0.783. The van der Waals surface area contributed by atoms with E-state index in [0.717, 1.165) is 0 Å². The lowest BCUT2D eigenvalue weighted by molar-refractivity contribution is -0.141. The molecule has 6 heteroatoms. The summed E-state index contributed by atoms with van der Waals surface area (Å²) in [6.07, 6.45) is 0.0943. The number of ether oxygens (including phenoxy) is 2. The molecule has 0 aromatic heterocycles. The molecule has 106 valence electrons. The number of hydrogen-bond acceptors (Lipinski definition) is 5. The second-order valence-corrected chi connectivity index (χ2v) is 4.15. The van der Waals surface area contributed by atoms with E-state index in [1.54, 1.807) is 31.2 Å². The molecular formula is C14H16N2O4. The number of amides is 1. The molecule has 1 N–H and O–H groups in total. The van der Waals surface area contributed by atoms with E-state index in [9.17, 15) is 9.59 Å². The Labute approximate surface area is 117 Å². The van der Waals surface area contributed by atoms with Gasteiger partial charge in [0.1, 0.15) is 11.8 Å². The summed E-state index contributed by atoms with van der Waals surface area (Å²) in [6, 6.07) is 8.28. The van der Waals surface area contributed by atoms with E-state index >= 15 is 0 Å². The summed E-state index contributed by atoms with van der Waals surface area (Å²) >= 11 is 0. The summed E-state index contributed by atoms with van der Waals surface area (Å²) in [4.78, 5) is 22.7. The first-order chi connectivity index (χ1) is 9.56. The van der Waals surface area contributed by atoms with E-state index in [0.29, 0.717) is 11.3 Å². The molecule has 0 aliphatic heterocycles. The molecule has 0 saturated heterocycles. The molecule has 0 bridgehead atoms. The lowest BCUT2D eigenvalue weighted by Gasteiger charge is -2.13. The number of methoxy groups -OCH3 is 1. The lowest BCUT2D eigenvalue weighted by Crippen LogP contribution is -2.37. The van der Waals surface area contributed by atoms with Gasteiger partial charge < -0.3 is 14.8 Å². The predicted octanol–water partition coefficient (Wildman–Crippen LogP) is 1.00. The zero-order chi connectivity index (χ0) is 15.0. The Morgan fingerprint density at radius 3 is 2.75 bits per heavy atom. The average Bonchev–Trinajstić information content (AvgIpc) is 2.45. The number of rotatable bonds is 6. The van der Waals surface area contributed by atoms with Gasteiger partial charge in [0.2, 0.25) is 0 Å². The maximum absolute atomic E-state index is 11.6. The van der Waals surface area contributed by atoms with Crippen molar-refractivity contribution in [2.24, 2.45) is 0 Å². The Hall–Kier alpha value is -2.55. The predicted molar refractivity (Wildman–Crippen MR) is 70.9 cm³/mol. The van der Waals surface area contributed by atoms with Crippen molar-refractivity contribution in [2.45, 2.75) is 19.4 Å². The van der Waals surface area contributed by atoms with Crippen LogP contribution in [-0.2, 0) is 14.3 Å². The van der Waals surface area contributed by atoms with Gasteiger partial charge in [-0.05, 0) is 19.1 Å². The Kier molecular flexibility index (Phi) is 6.04. The van der Waals surface area contributed by atoms with Crippen molar-refractivity contribution in [1.29, 1.82) is 5.26 Å². The molecule has 0 saturated carbocycles. The minimum Gasteiger partial charge on any atom is -0.482 e. The van der Waals surface area contributed by atoms with Gasteiger partial charge in [-0.3, -0.25) is 9.59 Å². The molecule has 0 radical (unpaired) electrons. The van der Waals surface area contributed by atoms with Gasteiger partial charge in [-0.15, -0.1) is 0 Å². The van der Waals surface area contributed by atoms with Gasteiger partial charge in [0.25, 0.3) is 5.91 Å². The SMILES string of the molecule is COC(=O)CC(C)NC(=O)COc1ccccc1C#N. The van der Waals surface area contributed by atoms with Crippen LogP contribution >= 0.6 is 0 Å². The summed E-state index contributed by atoms with van der Waals surface area (Å²) in [6.45, 7) is 1.47. The van der Waals surface area contributed by atoms with Crippen LogP contribution in [0.3, 0.4) is 0 Å². The number of nitrogens with one attached hydrogen (secondary N) is 1. The van der Waals surface area contributed by atoms with Crippen molar-refractivity contribution in [2.75, 3.05) is 13.7 Å². The topological polar surface area (TPSA) is 88.4 Å². The fourth-order valence-electron chi connectivity index (χ4n) is 1.53. The van der Waals surface area contributed by atoms with Crippen LogP contribution in [0.5, 0.6) is 5.75 Å².